The van der Waals surface area contributed by atoms with Gasteiger partial charge in [-0.2, -0.15) is 0 Å². The Kier molecular flexibility index (Phi) is 4.95. The SMILES string of the molecule is CCOC1=CC2=C(CC)C[C@@H]3[C@H](CC[C@]4(C)C(c5cccnc5)=CC[C@@H]34)[C@@]2(C)CC1. The van der Waals surface area contributed by atoms with Crippen LogP contribution in [0.3, 0.4) is 0 Å². The molecule has 0 aliphatic heterocycles. The molecule has 2 nitrogen and oxygen atoms in total. The van der Waals surface area contributed by atoms with Gasteiger partial charge in [0.25, 0.3) is 0 Å². The Hall–Kier alpha value is -1.83. The molecular formula is C28H37NO. The smallest absolute Gasteiger partial charge is 0.0962 e. The number of hydrogen-bond acceptors (Lipinski definition) is 2. The number of aromatic nitrogens is 1. The van der Waals surface area contributed by atoms with Crippen molar-refractivity contribution in [2.24, 2.45) is 28.6 Å². The van der Waals surface area contributed by atoms with Gasteiger partial charge in [0.1, 0.15) is 0 Å². The van der Waals surface area contributed by atoms with Crippen LogP contribution in [0.15, 0.2) is 53.6 Å². The fourth-order valence-electron chi connectivity index (χ4n) is 7.74. The first-order chi connectivity index (χ1) is 14.5. The average Bonchev–Trinajstić information content (AvgIpc) is 3.12. The van der Waals surface area contributed by atoms with Gasteiger partial charge in [0.2, 0.25) is 0 Å². The minimum atomic E-state index is 0.303. The second kappa shape index (κ2) is 7.39. The van der Waals surface area contributed by atoms with Gasteiger partial charge in [-0.15, -0.1) is 0 Å². The molecule has 1 fully saturated rings. The van der Waals surface area contributed by atoms with E-state index in [2.05, 4.69) is 63.2 Å². The summed E-state index contributed by atoms with van der Waals surface area (Å²) in [6, 6.07) is 4.35. The molecule has 2 heteroatoms. The minimum Gasteiger partial charge on any atom is -0.498 e. The van der Waals surface area contributed by atoms with Crippen molar-refractivity contribution in [1.29, 1.82) is 0 Å². The van der Waals surface area contributed by atoms with Crippen molar-refractivity contribution in [1.82, 2.24) is 4.98 Å². The second-order valence-electron chi connectivity index (χ2n) is 10.5. The first kappa shape index (κ1) is 20.1. The van der Waals surface area contributed by atoms with Crippen LogP contribution < -0.4 is 0 Å². The highest BCUT2D eigenvalue weighted by molar-refractivity contribution is 5.72. The zero-order valence-corrected chi connectivity index (χ0v) is 19.2. The lowest BCUT2D eigenvalue weighted by molar-refractivity contribution is -0.00850. The van der Waals surface area contributed by atoms with Gasteiger partial charge in [0.05, 0.1) is 12.4 Å². The Morgan fingerprint density at radius 3 is 2.73 bits per heavy atom. The Morgan fingerprint density at radius 1 is 1.13 bits per heavy atom. The third-order valence-electron chi connectivity index (χ3n) is 9.24. The molecule has 0 radical (unpaired) electrons. The van der Waals surface area contributed by atoms with Crippen LogP contribution in [0.4, 0.5) is 0 Å². The van der Waals surface area contributed by atoms with Gasteiger partial charge in [-0.1, -0.05) is 38.5 Å². The van der Waals surface area contributed by atoms with Gasteiger partial charge >= 0.3 is 0 Å². The molecule has 1 heterocycles. The second-order valence-corrected chi connectivity index (χ2v) is 10.5. The van der Waals surface area contributed by atoms with Gasteiger partial charge in [-0.05, 0) is 103 Å². The minimum absolute atomic E-state index is 0.303. The summed E-state index contributed by atoms with van der Waals surface area (Å²) in [6.45, 7) is 10.4. The summed E-state index contributed by atoms with van der Waals surface area (Å²) in [6.07, 6.45) is 17.7. The van der Waals surface area contributed by atoms with Crippen LogP contribution in [0.2, 0.25) is 0 Å². The topological polar surface area (TPSA) is 22.1 Å². The lowest BCUT2D eigenvalue weighted by atomic mass is 9.46. The normalized spacial score (nSPS) is 37.7. The number of fused-ring (bicyclic) bond motifs is 5. The molecule has 0 aromatic carbocycles. The van der Waals surface area contributed by atoms with Crippen LogP contribution in [0.1, 0.15) is 78.2 Å². The molecule has 0 amide bonds. The van der Waals surface area contributed by atoms with E-state index in [1.165, 1.54) is 49.8 Å². The number of ether oxygens (including phenoxy) is 1. The van der Waals surface area contributed by atoms with Crippen LogP contribution in [-0.2, 0) is 4.74 Å². The zero-order chi connectivity index (χ0) is 20.9. The Balaban J connectivity index is 1.51. The summed E-state index contributed by atoms with van der Waals surface area (Å²) in [5.41, 5.74) is 6.89. The van der Waals surface area contributed by atoms with E-state index in [-0.39, 0.29) is 0 Å². The van der Waals surface area contributed by atoms with E-state index < -0.39 is 0 Å². The molecule has 0 N–H and O–H groups in total. The molecule has 0 bridgehead atoms. The van der Waals surface area contributed by atoms with E-state index in [0.717, 1.165) is 30.8 Å². The molecule has 160 valence electrons. The van der Waals surface area contributed by atoms with Crippen molar-refractivity contribution in [3.63, 3.8) is 0 Å². The van der Waals surface area contributed by atoms with Crippen LogP contribution in [0.5, 0.6) is 0 Å². The average molecular weight is 404 g/mol. The predicted octanol–water partition coefficient (Wildman–Crippen LogP) is 7.35. The third-order valence-corrected chi connectivity index (χ3v) is 9.24. The third kappa shape index (κ3) is 2.86. The van der Waals surface area contributed by atoms with Crippen molar-refractivity contribution < 1.29 is 4.74 Å². The van der Waals surface area contributed by atoms with E-state index in [1.54, 1.807) is 16.7 Å². The zero-order valence-electron chi connectivity index (χ0n) is 19.2. The van der Waals surface area contributed by atoms with Crippen molar-refractivity contribution in [2.45, 2.75) is 72.6 Å². The Morgan fingerprint density at radius 2 is 2.00 bits per heavy atom. The van der Waals surface area contributed by atoms with Gasteiger partial charge in [0, 0.05) is 18.8 Å². The Bertz CT molecular complexity index is 910. The molecule has 30 heavy (non-hydrogen) atoms. The number of hydrogen-bond donors (Lipinski definition) is 0. The van der Waals surface area contributed by atoms with Gasteiger partial charge in [-0.25, -0.2) is 0 Å². The number of allylic oxidation sites excluding steroid dienone is 6. The predicted molar refractivity (Wildman–Crippen MR) is 124 cm³/mol. The van der Waals surface area contributed by atoms with Crippen LogP contribution >= 0.6 is 0 Å². The maximum absolute atomic E-state index is 5.97. The summed E-state index contributed by atoms with van der Waals surface area (Å²) < 4.78 is 5.97. The largest absolute Gasteiger partial charge is 0.498 e. The van der Waals surface area contributed by atoms with Crippen molar-refractivity contribution in [3.05, 3.63) is 59.1 Å². The van der Waals surface area contributed by atoms with Gasteiger partial charge in [0.15, 0.2) is 0 Å². The quantitative estimate of drug-likeness (QED) is 0.524. The van der Waals surface area contributed by atoms with Crippen molar-refractivity contribution in [3.8, 4) is 0 Å². The first-order valence-electron chi connectivity index (χ1n) is 12.2. The fourth-order valence-corrected chi connectivity index (χ4v) is 7.74. The molecule has 5 atom stereocenters. The van der Waals surface area contributed by atoms with Crippen LogP contribution in [0, 0.1) is 28.6 Å². The van der Waals surface area contributed by atoms with Gasteiger partial charge in [-0.3, -0.25) is 4.98 Å². The number of pyridine rings is 1. The van der Waals surface area contributed by atoms with E-state index >= 15 is 0 Å². The molecule has 4 aliphatic carbocycles. The Labute approximate surface area is 182 Å². The molecule has 0 spiro atoms. The maximum atomic E-state index is 5.97. The summed E-state index contributed by atoms with van der Waals surface area (Å²) in [5.74, 6) is 3.60. The molecule has 1 aromatic rings. The number of nitrogens with zero attached hydrogens (tertiary/aromatic N) is 1. The molecule has 0 saturated heterocycles. The number of rotatable bonds is 4. The maximum Gasteiger partial charge on any atom is 0.0962 e. The standard InChI is InChI=1S/C28H37NO/c1-5-19-16-22-24-10-9-23(20-8-7-15-29-18-20)27(24,3)14-12-25(22)28(4)13-11-21(30-6-2)17-26(19)28/h7-9,15,17-18,22,24-25H,5-6,10-14,16H2,1-4H3/t22-,24-,25-,27+,28+/m0/s1. The summed E-state index contributed by atoms with van der Waals surface area (Å²) >= 11 is 0. The molecular weight excluding hydrogens is 366 g/mol. The first-order valence-corrected chi connectivity index (χ1v) is 12.2. The lowest BCUT2D eigenvalue weighted by Gasteiger charge is -2.58. The van der Waals surface area contributed by atoms with E-state index in [4.69, 9.17) is 4.74 Å². The monoisotopic (exact) mass is 403 g/mol. The highest BCUT2D eigenvalue weighted by Gasteiger charge is 2.57. The molecule has 0 unspecified atom stereocenters. The van der Waals surface area contributed by atoms with Crippen molar-refractivity contribution in [2.75, 3.05) is 6.61 Å². The molecule has 1 saturated carbocycles. The lowest BCUT2D eigenvalue weighted by Crippen LogP contribution is -2.49. The summed E-state index contributed by atoms with van der Waals surface area (Å²) in [5, 5.41) is 0. The van der Waals surface area contributed by atoms with Crippen molar-refractivity contribution >= 4 is 5.57 Å². The fraction of sp³-hybridized carbons (Fsp3) is 0.607. The van der Waals surface area contributed by atoms with E-state index in [0.29, 0.717) is 10.8 Å². The van der Waals surface area contributed by atoms with Crippen LogP contribution in [-0.4, -0.2) is 11.6 Å². The summed E-state index contributed by atoms with van der Waals surface area (Å²) in [4.78, 5) is 4.43. The van der Waals surface area contributed by atoms with Crippen LogP contribution in [0.25, 0.3) is 5.57 Å². The molecule has 1 aromatic heterocycles. The van der Waals surface area contributed by atoms with E-state index in [9.17, 15) is 0 Å². The molecule has 5 rings (SSSR count). The van der Waals surface area contributed by atoms with E-state index in [1.807, 2.05) is 6.20 Å². The highest BCUT2D eigenvalue weighted by Crippen LogP contribution is 2.67. The highest BCUT2D eigenvalue weighted by atomic mass is 16.5. The molecule has 4 aliphatic rings. The van der Waals surface area contributed by atoms with Gasteiger partial charge < -0.3 is 4.74 Å². The summed E-state index contributed by atoms with van der Waals surface area (Å²) in [7, 11) is 0.